The fourth-order valence-corrected chi connectivity index (χ4v) is 3.22. The van der Waals surface area contributed by atoms with Gasteiger partial charge in [-0.15, -0.1) is 0 Å². The predicted octanol–water partition coefficient (Wildman–Crippen LogP) is 1.06. The zero-order valence-electron chi connectivity index (χ0n) is 17.2. The molecule has 0 bridgehead atoms. The molecule has 3 rings (SSSR count). The van der Waals surface area contributed by atoms with Gasteiger partial charge in [-0.05, 0) is 18.8 Å². The minimum atomic E-state index is -0.573. The van der Waals surface area contributed by atoms with Crippen molar-refractivity contribution in [1.82, 2.24) is 24.5 Å². The number of ether oxygens (including phenoxy) is 1. The fraction of sp³-hybridized carbons (Fsp3) is 0.556. The van der Waals surface area contributed by atoms with Gasteiger partial charge in [0.2, 0.25) is 5.91 Å². The molecule has 3 heterocycles. The van der Waals surface area contributed by atoms with Crippen LogP contribution in [0.2, 0.25) is 0 Å². The Hall–Kier alpha value is -3.28. The maximum Gasteiger partial charge on any atom is 0.390 e. The minimum Gasteiger partial charge on any atom is -0.378 e. The van der Waals surface area contributed by atoms with Crippen LogP contribution >= 0.6 is 0 Å². The van der Waals surface area contributed by atoms with E-state index < -0.39 is 10.8 Å². The number of rotatable bonds is 7. The third-order valence-corrected chi connectivity index (χ3v) is 4.95. The van der Waals surface area contributed by atoms with Crippen LogP contribution in [-0.2, 0) is 22.6 Å². The second-order valence-corrected chi connectivity index (χ2v) is 7.10. The molecule has 1 N–H and O–H groups in total. The van der Waals surface area contributed by atoms with Crippen LogP contribution in [0.15, 0.2) is 12.3 Å². The Labute approximate surface area is 172 Å². The number of amides is 2. The largest absolute Gasteiger partial charge is 0.390 e. The molecule has 1 aliphatic heterocycles. The van der Waals surface area contributed by atoms with Gasteiger partial charge in [-0.1, -0.05) is 6.92 Å². The number of carbonyl (C=O) groups excluding carboxylic acids is 2. The normalized spacial score (nSPS) is 15.1. The van der Waals surface area contributed by atoms with Crippen molar-refractivity contribution in [1.29, 1.82) is 0 Å². The first-order valence-corrected chi connectivity index (χ1v) is 9.74. The zero-order valence-corrected chi connectivity index (χ0v) is 17.2. The lowest BCUT2D eigenvalue weighted by molar-refractivity contribution is -0.389. The van der Waals surface area contributed by atoms with Crippen molar-refractivity contribution in [2.24, 2.45) is 5.92 Å². The Morgan fingerprint density at radius 3 is 2.63 bits per heavy atom. The molecule has 1 saturated heterocycles. The smallest absolute Gasteiger partial charge is 0.378 e. The van der Waals surface area contributed by atoms with Gasteiger partial charge in [0, 0.05) is 19.6 Å². The molecule has 2 aromatic rings. The third kappa shape index (κ3) is 4.48. The van der Waals surface area contributed by atoms with Gasteiger partial charge in [-0.2, -0.15) is 9.78 Å². The summed E-state index contributed by atoms with van der Waals surface area (Å²) in [5.41, 5.74) is 1.25. The van der Waals surface area contributed by atoms with Gasteiger partial charge in [0.05, 0.1) is 54.4 Å². The molecule has 1 atom stereocenters. The summed E-state index contributed by atoms with van der Waals surface area (Å²) >= 11 is 0. The molecular weight excluding hydrogens is 394 g/mol. The number of aromatic nitrogens is 4. The number of hydrogen-bond donors (Lipinski definition) is 1. The molecular formula is C18H25N7O5. The number of hydrogen-bond acceptors (Lipinski definition) is 7. The number of morpholine rings is 1. The highest BCUT2D eigenvalue weighted by atomic mass is 16.6. The van der Waals surface area contributed by atoms with Crippen molar-refractivity contribution >= 4 is 23.3 Å². The van der Waals surface area contributed by atoms with Gasteiger partial charge < -0.3 is 25.1 Å². The first-order chi connectivity index (χ1) is 14.3. The highest BCUT2D eigenvalue weighted by Crippen LogP contribution is 2.20. The highest BCUT2D eigenvalue weighted by Gasteiger charge is 2.27. The molecule has 0 aromatic carbocycles. The van der Waals surface area contributed by atoms with Gasteiger partial charge in [-0.3, -0.25) is 14.3 Å². The van der Waals surface area contributed by atoms with Gasteiger partial charge in [-0.25, -0.2) is 0 Å². The number of nitrogens with one attached hydrogen (secondary N) is 1. The molecule has 1 fully saturated rings. The number of aryl methyl sites for hydroxylation is 2. The highest BCUT2D eigenvalue weighted by molar-refractivity contribution is 6.02. The van der Waals surface area contributed by atoms with Crippen LogP contribution in [0.1, 0.15) is 30.0 Å². The molecule has 0 radical (unpaired) electrons. The van der Waals surface area contributed by atoms with Crippen molar-refractivity contribution < 1.29 is 19.2 Å². The van der Waals surface area contributed by atoms with E-state index in [1.165, 1.54) is 16.9 Å². The molecule has 1 aliphatic rings. The maximum absolute atomic E-state index is 13.0. The molecule has 2 aromatic heterocycles. The monoisotopic (exact) mass is 419 g/mol. The van der Waals surface area contributed by atoms with Gasteiger partial charge in [0.15, 0.2) is 0 Å². The quantitative estimate of drug-likeness (QED) is 0.523. The van der Waals surface area contributed by atoms with E-state index in [9.17, 15) is 19.7 Å². The molecule has 12 heteroatoms. The Balaban J connectivity index is 1.74. The first-order valence-electron chi connectivity index (χ1n) is 9.74. The van der Waals surface area contributed by atoms with Crippen LogP contribution in [0.25, 0.3) is 0 Å². The number of nitro groups is 1. The van der Waals surface area contributed by atoms with E-state index in [0.29, 0.717) is 49.9 Å². The summed E-state index contributed by atoms with van der Waals surface area (Å²) in [6.07, 6.45) is 1.46. The maximum atomic E-state index is 13.0. The topological polar surface area (TPSA) is 137 Å². The number of anilines is 1. The van der Waals surface area contributed by atoms with Crippen molar-refractivity contribution in [3.63, 3.8) is 0 Å². The van der Waals surface area contributed by atoms with E-state index in [1.54, 1.807) is 23.4 Å². The first kappa shape index (κ1) is 21.4. The number of nitrogens with zero attached hydrogens (tertiary/aromatic N) is 6. The fourth-order valence-electron chi connectivity index (χ4n) is 3.22. The van der Waals surface area contributed by atoms with Gasteiger partial charge in [0.25, 0.3) is 5.91 Å². The summed E-state index contributed by atoms with van der Waals surface area (Å²) in [4.78, 5) is 37.7. The molecule has 0 spiro atoms. The SMILES string of the molecule is CCn1ncc(NC(=O)C(C)Cn2nc([N+](=O)[O-])cc2C)c1C(=O)N1CCOCC1. The summed E-state index contributed by atoms with van der Waals surface area (Å²) in [6, 6.07) is 1.36. The van der Waals surface area contributed by atoms with Crippen molar-refractivity contribution in [2.45, 2.75) is 33.9 Å². The standard InChI is InChI=1S/C18H25N7O5/c1-4-23-16(18(27)22-5-7-30-8-6-22)14(10-19-23)20-17(26)12(2)11-24-13(3)9-15(21-24)25(28)29/h9-10,12H,4-8,11H2,1-3H3,(H,20,26). The van der Waals surface area contributed by atoms with Crippen LogP contribution in [0.4, 0.5) is 11.5 Å². The summed E-state index contributed by atoms with van der Waals surface area (Å²) in [6.45, 7) is 7.80. The van der Waals surface area contributed by atoms with E-state index in [1.807, 2.05) is 6.92 Å². The Morgan fingerprint density at radius 1 is 1.33 bits per heavy atom. The van der Waals surface area contributed by atoms with E-state index in [-0.39, 0.29) is 24.2 Å². The number of carbonyl (C=O) groups is 2. The van der Waals surface area contributed by atoms with Crippen molar-refractivity contribution in [2.75, 3.05) is 31.6 Å². The average Bonchev–Trinajstić information content (AvgIpc) is 3.31. The average molecular weight is 419 g/mol. The van der Waals surface area contributed by atoms with Crippen molar-refractivity contribution in [3.8, 4) is 0 Å². The molecule has 12 nitrogen and oxygen atoms in total. The van der Waals surface area contributed by atoms with Crippen LogP contribution in [0.3, 0.4) is 0 Å². The Kier molecular flexibility index (Phi) is 6.45. The van der Waals surface area contributed by atoms with Crippen LogP contribution in [0.5, 0.6) is 0 Å². The second kappa shape index (κ2) is 9.03. The molecule has 0 saturated carbocycles. The predicted molar refractivity (Wildman–Crippen MR) is 106 cm³/mol. The second-order valence-electron chi connectivity index (χ2n) is 7.10. The van der Waals surface area contributed by atoms with E-state index in [0.717, 1.165) is 0 Å². The van der Waals surface area contributed by atoms with Crippen molar-refractivity contribution in [3.05, 3.63) is 33.8 Å². The summed E-state index contributed by atoms with van der Waals surface area (Å²) < 4.78 is 8.28. The molecule has 1 unspecified atom stereocenters. The van der Waals surface area contributed by atoms with Crippen LogP contribution in [0, 0.1) is 23.0 Å². The zero-order chi connectivity index (χ0) is 21.8. The Bertz CT molecular complexity index is 945. The lowest BCUT2D eigenvalue weighted by Gasteiger charge is -2.27. The molecule has 2 amide bonds. The molecule has 0 aliphatic carbocycles. The van der Waals surface area contributed by atoms with Gasteiger partial charge >= 0.3 is 5.82 Å². The summed E-state index contributed by atoms with van der Waals surface area (Å²) in [7, 11) is 0. The lowest BCUT2D eigenvalue weighted by atomic mass is 10.1. The van der Waals surface area contributed by atoms with E-state index in [2.05, 4.69) is 15.5 Å². The summed E-state index contributed by atoms with van der Waals surface area (Å²) in [5.74, 6) is -1.35. The third-order valence-electron chi connectivity index (χ3n) is 4.95. The van der Waals surface area contributed by atoms with E-state index >= 15 is 0 Å². The van der Waals surface area contributed by atoms with Crippen LogP contribution in [-0.4, -0.2) is 67.5 Å². The summed E-state index contributed by atoms with van der Waals surface area (Å²) in [5, 5.41) is 21.8. The van der Waals surface area contributed by atoms with Gasteiger partial charge in [0.1, 0.15) is 5.69 Å². The molecule has 30 heavy (non-hydrogen) atoms. The molecule has 162 valence electrons. The van der Waals surface area contributed by atoms with Crippen LogP contribution < -0.4 is 5.32 Å². The van der Waals surface area contributed by atoms with E-state index in [4.69, 9.17) is 4.74 Å². The minimum absolute atomic E-state index is 0.167. The lowest BCUT2D eigenvalue weighted by Crippen LogP contribution is -2.42. The Morgan fingerprint density at radius 2 is 2.03 bits per heavy atom.